The molecule has 2 aromatic rings. The second-order valence-corrected chi connectivity index (χ2v) is 10.3. The topological polar surface area (TPSA) is 81.7 Å². The molecule has 2 aliphatic rings. The first kappa shape index (κ1) is 27.1. The summed E-state index contributed by atoms with van der Waals surface area (Å²) in [5, 5.41) is 9.57. The highest BCUT2D eigenvalue weighted by atomic mass is 16.2. The second kappa shape index (κ2) is 11.5. The van der Waals surface area contributed by atoms with Crippen LogP contribution in [0.25, 0.3) is 0 Å². The molecule has 1 saturated heterocycles. The summed E-state index contributed by atoms with van der Waals surface area (Å²) in [4.78, 5) is 34.0. The van der Waals surface area contributed by atoms with Crippen LogP contribution in [0.1, 0.15) is 58.4 Å². The van der Waals surface area contributed by atoms with Crippen LogP contribution in [0, 0.1) is 16.7 Å². The smallest absolute Gasteiger partial charge is 0.243 e. The van der Waals surface area contributed by atoms with Gasteiger partial charge in [0.1, 0.15) is 17.6 Å². The van der Waals surface area contributed by atoms with Gasteiger partial charge >= 0.3 is 0 Å². The van der Waals surface area contributed by atoms with Gasteiger partial charge in [-0.2, -0.15) is 5.26 Å². The van der Waals surface area contributed by atoms with Gasteiger partial charge in [-0.3, -0.25) is 19.4 Å². The normalized spacial score (nSPS) is 16.3. The lowest BCUT2D eigenvalue weighted by molar-refractivity contribution is -0.152. The van der Waals surface area contributed by atoms with Crippen molar-refractivity contribution < 1.29 is 9.59 Å². The summed E-state index contributed by atoms with van der Waals surface area (Å²) in [6.07, 6.45) is 2.67. The van der Waals surface area contributed by atoms with E-state index in [9.17, 15) is 14.9 Å². The van der Waals surface area contributed by atoms with Crippen LogP contribution in [-0.4, -0.2) is 45.0 Å². The molecule has 190 valence electrons. The molecule has 36 heavy (non-hydrogen) atoms. The SMILES string of the molecule is CC.CC1=CCc2cc(CN3C(=O)CN(Cc4ccccc4)CC3=O)n(CC(C)(C)C)c2N=C1C#N. The molecule has 3 heterocycles. The molecule has 0 atom stereocenters. The monoisotopic (exact) mass is 487 g/mol. The van der Waals surface area contributed by atoms with Crippen molar-refractivity contribution in [3.8, 4) is 6.07 Å². The van der Waals surface area contributed by atoms with E-state index in [0.717, 1.165) is 28.2 Å². The fourth-order valence-electron chi connectivity index (χ4n) is 4.42. The van der Waals surface area contributed by atoms with Crippen LogP contribution in [0.15, 0.2) is 53.0 Å². The highest BCUT2D eigenvalue weighted by Crippen LogP contribution is 2.33. The molecule has 0 bridgehead atoms. The molecular weight excluding hydrogens is 450 g/mol. The fraction of sp³-hybridized carbons (Fsp3) is 0.448. The van der Waals surface area contributed by atoms with E-state index in [1.54, 1.807) is 0 Å². The Bertz CT molecular complexity index is 1190. The summed E-state index contributed by atoms with van der Waals surface area (Å²) >= 11 is 0. The molecule has 0 radical (unpaired) electrons. The zero-order valence-corrected chi connectivity index (χ0v) is 22.3. The number of allylic oxidation sites excluding steroid dienone is 2. The number of fused-ring (bicyclic) bond motifs is 1. The third-order valence-electron chi connectivity index (χ3n) is 6.08. The number of hydrogen-bond acceptors (Lipinski definition) is 5. The maximum atomic E-state index is 13.0. The molecule has 0 unspecified atom stereocenters. The lowest BCUT2D eigenvalue weighted by atomic mass is 9.97. The zero-order chi connectivity index (χ0) is 26.5. The molecule has 2 aliphatic heterocycles. The molecule has 7 heteroatoms. The largest absolute Gasteiger partial charge is 0.327 e. The van der Waals surface area contributed by atoms with Gasteiger partial charge in [-0.15, -0.1) is 0 Å². The lowest BCUT2D eigenvalue weighted by Gasteiger charge is -2.33. The van der Waals surface area contributed by atoms with Crippen molar-refractivity contribution in [1.82, 2.24) is 14.4 Å². The first-order chi connectivity index (χ1) is 17.1. The number of carbonyl (C=O) groups excluding carboxylic acids is 2. The second-order valence-electron chi connectivity index (χ2n) is 10.3. The van der Waals surface area contributed by atoms with Gasteiger partial charge in [0.25, 0.3) is 0 Å². The maximum absolute atomic E-state index is 13.0. The minimum absolute atomic E-state index is 0.0545. The molecule has 4 rings (SSSR count). The van der Waals surface area contributed by atoms with E-state index < -0.39 is 0 Å². The number of piperazine rings is 1. The minimum Gasteiger partial charge on any atom is -0.327 e. The molecule has 0 saturated carbocycles. The Kier molecular flexibility index (Phi) is 8.65. The number of aromatic nitrogens is 1. The van der Waals surface area contributed by atoms with E-state index >= 15 is 0 Å². The van der Waals surface area contributed by atoms with Gasteiger partial charge in [-0.1, -0.05) is 71.0 Å². The van der Waals surface area contributed by atoms with Crippen LogP contribution in [0.4, 0.5) is 5.82 Å². The first-order valence-electron chi connectivity index (χ1n) is 12.6. The highest BCUT2D eigenvalue weighted by molar-refractivity contribution is 6.12. The van der Waals surface area contributed by atoms with Crippen LogP contribution in [-0.2, 0) is 35.6 Å². The van der Waals surface area contributed by atoms with E-state index in [2.05, 4.69) is 36.4 Å². The molecule has 1 aromatic carbocycles. The summed E-state index contributed by atoms with van der Waals surface area (Å²) in [7, 11) is 0. The molecular formula is C29H37N5O2. The Morgan fingerprint density at radius 2 is 1.67 bits per heavy atom. The van der Waals surface area contributed by atoms with Gasteiger partial charge in [0, 0.05) is 24.3 Å². The van der Waals surface area contributed by atoms with Crippen LogP contribution in [0.3, 0.4) is 0 Å². The molecule has 7 nitrogen and oxygen atoms in total. The number of nitrogens with zero attached hydrogens (tertiary/aromatic N) is 5. The first-order valence-corrected chi connectivity index (χ1v) is 12.6. The predicted octanol–water partition coefficient (Wildman–Crippen LogP) is 5.03. The average molecular weight is 488 g/mol. The number of benzene rings is 1. The van der Waals surface area contributed by atoms with Crippen molar-refractivity contribution in [1.29, 1.82) is 5.26 Å². The highest BCUT2D eigenvalue weighted by Gasteiger charge is 2.33. The Morgan fingerprint density at radius 3 is 2.25 bits per heavy atom. The molecule has 1 aromatic heterocycles. The van der Waals surface area contributed by atoms with Gasteiger partial charge in [0.15, 0.2) is 0 Å². The summed E-state index contributed by atoms with van der Waals surface area (Å²) < 4.78 is 2.08. The predicted molar refractivity (Wildman–Crippen MR) is 143 cm³/mol. The number of rotatable bonds is 5. The Morgan fingerprint density at radius 1 is 1.03 bits per heavy atom. The summed E-state index contributed by atoms with van der Waals surface area (Å²) in [6, 6.07) is 14.1. The van der Waals surface area contributed by atoms with Crippen LogP contribution in [0.5, 0.6) is 0 Å². The lowest BCUT2D eigenvalue weighted by Crippen LogP contribution is -2.53. The van der Waals surface area contributed by atoms with Crippen LogP contribution < -0.4 is 0 Å². The van der Waals surface area contributed by atoms with Crippen LogP contribution in [0.2, 0.25) is 0 Å². The number of carbonyl (C=O) groups is 2. The number of nitriles is 1. The summed E-state index contributed by atoms with van der Waals surface area (Å²) in [6.45, 7) is 14.2. The van der Waals surface area contributed by atoms with Gasteiger partial charge in [-0.25, -0.2) is 4.99 Å². The van der Waals surface area contributed by atoms with E-state index in [1.165, 1.54) is 4.90 Å². The average Bonchev–Trinajstić information content (AvgIpc) is 3.04. The minimum atomic E-state index is -0.192. The Hall–Kier alpha value is -3.50. The van der Waals surface area contributed by atoms with E-state index in [0.29, 0.717) is 25.2 Å². The van der Waals surface area contributed by atoms with Crippen LogP contribution >= 0.6 is 0 Å². The van der Waals surface area contributed by atoms with Crippen molar-refractivity contribution >= 4 is 23.3 Å². The maximum Gasteiger partial charge on any atom is 0.243 e. The van der Waals surface area contributed by atoms with E-state index in [4.69, 9.17) is 0 Å². The number of amides is 2. The van der Waals surface area contributed by atoms with Crippen molar-refractivity contribution in [2.24, 2.45) is 10.4 Å². The molecule has 1 fully saturated rings. The summed E-state index contributed by atoms with van der Waals surface area (Å²) in [5.41, 5.74) is 4.16. The van der Waals surface area contributed by atoms with Gasteiger partial charge in [0.05, 0.1) is 19.6 Å². The Labute approximate surface area is 214 Å². The summed E-state index contributed by atoms with van der Waals surface area (Å²) in [5.74, 6) is 0.364. The van der Waals surface area contributed by atoms with Gasteiger partial charge in [0.2, 0.25) is 11.8 Å². The fourth-order valence-corrected chi connectivity index (χ4v) is 4.42. The standard InChI is InChI=1S/C27H31N5O2.C2H6/c1-19-10-11-21-12-22(32(18-27(2,3)4)26(21)29-23(19)13-28)15-31-24(33)16-30(17-25(31)34)14-20-8-6-5-7-9-20;1-2/h5-10,12H,11,14-18H2,1-4H3;1-2H3. The Balaban J connectivity index is 0.00000176. The number of aliphatic imine (C=N–C) groups is 1. The van der Waals surface area contributed by atoms with Gasteiger partial charge < -0.3 is 4.57 Å². The zero-order valence-electron chi connectivity index (χ0n) is 22.3. The molecule has 0 spiro atoms. The van der Waals surface area contributed by atoms with Gasteiger partial charge in [-0.05, 0) is 36.0 Å². The number of imide groups is 1. The van der Waals surface area contributed by atoms with Crippen molar-refractivity contribution in [2.75, 3.05) is 13.1 Å². The third-order valence-corrected chi connectivity index (χ3v) is 6.08. The third kappa shape index (κ3) is 6.38. The molecule has 0 N–H and O–H groups in total. The number of hydrogen-bond donors (Lipinski definition) is 0. The van der Waals surface area contributed by atoms with Crippen molar-refractivity contribution in [3.05, 3.63) is 64.9 Å². The van der Waals surface area contributed by atoms with Crippen molar-refractivity contribution in [2.45, 2.75) is 67.6 Å². The molecule has 2 amide bonds. The quantitative estimate of drug-likeness (QED) is 0.554. The van der Waals surface area contributed by atoms with E-state index in [1.807, 2.05) is 68.1 Å². The van der Waals surface area contributed by atoms with Crippen molar-refractivity contribution in [3.63, 3.8) is 0 Å². The van der Waals surface area contributed by atoms with E-state index in [-0.39, 0.29) is 36.9 Å². The molecule has 0 aliphatic carbocycles.